The van der Waals surface area contributed by atoms with Crippen molar-refractivity contribution in [3.63, 3.8) is 0 Å². The van der Waals surface area contributed by atoms with Crippen molar-refractivity contribution < 1.29 is 13.2 Å². The van der Waals surface area contributed by atoms with Crippen molar-refractivity contribution in [1.82, 2.24) is 9.97 Å². The highest BCUT2D eigenvalue weighted by Crippen LogP contribution is 2.38. The zero-order chi connectivity index (χ0) is 14.5. The number of hydrogen-bond acceptors (Lipinski definition) is 3. The van der Waals surface area contributed by atoms with Crippen molar-refractivity contribution in [2.75, 3.05) is 0 Å². The molecule has 1 heterocycles. The first kappa shape index (κ1) is 15.8. The second kappa shape index (κ2) is 6.77. The van der Waals surface area contributed by atoms with Gasteiger partial charge in [0.25, 0.3) is 0 Å². The Bertz CT molecular complexity index is 524. The molecule has 0 N–H and O–H groups in total. The molecule has 0 saturated carbocycles. The third-order valence-corrected chi connectivity index (χ3v) is 3.12. The van der Waals surface area contributed by atoms with Crippen LogP contribution in [0, 0.1) is 0 Å². The second-order valence-electron chi connectivity index (χ2n) is 3.26. The molecule has 0 aliphatic heterocycles. The zero-order valence-electron chi connectivity index (χ0n) is 9.91. The van der Waals surface area contributed by atoms with Gasteiger partial charge in [0, 0.05) is 11.1 Å². The number of allylic oxidation sites excluding steroid dienone is 4. The van der Waals surface area contributed by atoms with Gasteiger partial charge in [0.15, 0.2) is 0 Å². The van der Waals surface area contributed by atoms with Gasteiger partial charge in [-0.2, -0.15) is 13.2 Å². The maximum Gasteiger partial charge on any atom is 0.420 e. The SMILES string of the molecule is C=C/C(=C\C=C/C)Sc1nc(Cl)ncc1C(F)(F)F. The zero-order valence-corrected chi connectivity index (χ0v) is 11.5. The highest BCUT2D eigenvalue weighted by atomic mass is 35.5. The Morgan fingerprint density at radius 2 is 2.16 bits per heavy atom. The summed E-state index contributed by atoms with van der Waals surface area (Å²) in [7, 11) is 0. The van der Waals surface area contributed by atoms with Crippen LogP contribution < -0.4 is 0 Å². The van der Waals surface area contributed by atoms with E-state index in [-0.39, 0.29) is 10.3 Å². The van der Waals surface area contributed by atoms with E-state index in [0.717, 1.165) is 11.8 Å². The fraction of sp³-hybridized carbons (Fsp3) is 0.167. The highest BCUT2D eigenvalue weighted by molar-refractivity contribution is 8.03. The van der Waals surface area contributed by atoms with Crippen LogP contribution >= 0.6 is 23.4 Å². The molecule has 1 rings (SSSR count). The Morgan fingerprint density at radius 3 is 2.68 bits per heavy atom. The van der Waals surface area contributed by atoms with E-state index in [1.807, 2.05) is 0 Å². The minimum atomic E-state index is -4.53. The van der Waals surface area contributed by atoms with Crippen molar-refractivity contribution in [2.45, 2.75) is 18.1 Å². The molecule has 1 aromatic rings. The van der Waals surface area contributed by atoms with Crippen molar-refractivity contribution in [1.29, 1.82) is 0 Å². The van der Waals surface area contributed by atoms with Crippen LogP contribution in [0.5, 0.6) is 0 Å². The first-order chi connectivity index (χ1) is 8.88. The number of hydrogen-bond donors (Lipinski definition) is 0. The van der Waals surface area contributed by atoms with Crippen LogP contribution in [0.4, 0.5) is 13.2 Å². The number of nitrogens with zero attached hydrogens (tertiary/aromatic N) is 2. The maximum absolute atomic E-state index is 12.8. The molecule has 0 atom stereocenters. The molecule has 0 aliphatic carbocycles. The molecule has 0 bridgehead atoms. The molecular weight excluding hydrogens is 297 g/mol. The Hall–Kier alpha value is -1.27. The van der Waals surface area contributed by atoms with Gasteiger partial charge in [0.1, 0.15) is 10.6 Å². The van der Waals surface area contributed by atoms with E-state index >= 15 is 0 Å². The van der Waals surface area contributed by atoms with Gasteiger partial charge in [-0.1, -0.05) is 36.6 Å². The normalized spacial score (nSPS) is 13.0. The van der Waals surface area contributed by atoms with Gasteiger partial charge in [0.2, 0.25) is 5.28 Å². The van der Waals surface area contributed by atoms with Crippen molar-refractivity contribution in [3.8, 4) is 0 Å². The summed E-state index contributed by atoms with van der Waals surface area (Å²) in [6.07, 6.45) is 2.67. The van der Waals surface area contributed by atoms with E-state index in [2.05, 4.69) is 16.5 Å². The minimum absolute atomic E-state index is 0.232. The Labute approximate surface area is 118 Å². The van der Waals surface area contributed by atoms with Gasteiger partial charge < -0.3 is 0 Å². The van der Waals surface area contributed by atoms with Crippen LogP contribution in [-0.4, -0.2) is 9.97 Å². The summed E-state index contributed by atoms with van der Waals surface area (Å²) in [5.74, 6) is 0. The predicted octanol–water partition coefficient (Wildman–Crippen LogP) is 4.89. The summed E-state index contributed by atoms with van der Waals surface area (Å²) in [6.45, 7) is 5.34. The minimum Gasteiger partial charge on any atom is -0.226 e. The van der Waals surface area contributed by atoms with Gasteiger partial charge in [-0.05, 0) is 24.6 Å². The van der Waals surface area contributed by atoms with E-state index < -0.39 is 11.7 Å². The molecule has 0 unspecified atom stereocenters. The molecule has 0 spiro atoms. The summed E-state index contributed by atoms with van der Waals surface area (Å²) in [5, 5.41) is -0.479. The third kappa shape index (κ3) is 4.72. The van der Waals surface area contributed by atoms with Gasteiger partial charge in [-0.15, -0.1) is 0 Å². The molecule has 19 heavy (non-hydrogen) atoms. The number of rotatable bonds is 4. The average Bonchev–Trinajstić information content (AvgIpc) is 2.32. The number of halogens is 4. The maximum atomic E-state index is 12.8. The van der Waals surface area contributed by atoms with Crippen LogP contribution in [-0.2, 0) is 6.18 Å². The lowest BCUT2D eigenvalue weighted by atomic mass is 10.3. The first-order valence-corrected chi connectivity index (χ1v) is 6.31. The van der Waals surface area contributed by atoms with Gasteiger partial charge in [-0.25, -0.2) is 9.97 Å². The van der Waals surface area contributed by atoms with Crippen molar-refractivity contribution in [3.05, 3.63) is 52.8 Å². The molecule has 102 valence electrons. The summed E-state index contributed by atoms with van der Waals surface area (Å²) < 4.78 is 38.4. The molecule has 0 amide bonds. The van der Waals surface area contributed by atoms with E-state index in [1.165, 1.54) is 6.08 Å². The molecule has 1 aromatic heterocycles. The summed E-state index contributed by atoms with van der Waals surface area (Å²) >= 11 is 6.37. The predicted molar refractivity (Wildman–Crippen MR) is 71.0 cm³/mol. The molecule has 7 heteroatoms. The topological polar surface area (TPSA) is 25.8 Å². The Morgan fingerprint density at radius 1 is 1.47 bits per heavy atom. The summed E-state index contributed by atoms with van der Waals surface area (Å²) in [4.78, 5) is 7.51. The number of thioether (sulfide) groups is 1. The van der Waals surface area contributed by atoms with E-state index in [0.29, 0.717) is 11.1 Å². The standard InChI is InChI=1S/C12H10ClF3N2S/c1-3-5-6-8(4-2)19-10-9(12(14,15)16)7-17-11(13)18-10/h3-7H,2H2,1H3/b5-3-,8-6+. The first-order valence-electron chi connectivity index (χ1n) is 5.11. The quantitative estimate of drug-likeness (QED) is 0.343. The molecule has 0 radical (unpaired) electrons. The van der Waals surface area contributed by atoms with E-state index in [9.17, 15) is 13.2 Å². The smallest absolute Gasteiger partial charge is 0.226 e. The second-order valence-corrected chi connectivity index (χ2v) is 4.66. The molecule has 0 saturated heterocycles. The van der Waals surface area contributed by atoms with Crippen molar-refractivity contribution >= 4 is 23.4 Å². The lowest BCUT2D eigenvalue weighted by molar-refractivity contribution is -0.140. The summed E-state index contributed by atoms with van der Waals surface area (Å²) in [5.41, 5.74) is -0.921. The van der Waals surface area contributed by atoms with Crippen LogP contribution in [0.3, 0.4) is 0 Å². The largest absolute Gasteiger partial charge is 0.420 e. The van der Waals surface area contributed by atoms with Gasteiger partial charge >= 0.3 is 6.18 Å². The van der Waals surface area contributed by atoms with Gasteiger partial charge in [0.05, 0.1) is 0 Å². The van der Waals surface area contributed by atoms with Crippen LogP contribution in [0.2, 0.25) is 5.28 Å². The number of alkyl halides is 3. The van der Waals surface area contributed by atoms with Crippen LogP contribution in [0.1, 0.15) is 12.5 Å². The van der Waals surface area contributed by atoms with E-state index in [4.69, 9.17) is 11.6 Å². The average molecular weight is 307 g/mol. The molecule has 0 aromatic carbocycles. The fourth-order valence-corrected chi connectivity index (χ4v) is 2.11. The van der Waals surface area contributed by atoms with Crippen molar-refractivity contribution in [2.24, 2.45) is 0 Å². The number of aromatic nitrogens is 2. The third-order valence-electron chi connectivity index (χ3n) is 1.90. The lowest BCUT2D eigenvalue weighted by Gasteiger charge is -2.11. The van der Waals surface area contributed by atoms with Crippen LogP contribution in [0.25, 0.3) is 0 Å². The Kier molecular flexibility index (Phi) is 5.62. The molecule has 2 nitrogen and oxygen atoms in total. The van der Waals surface area contributed by atoms with E-state index in [1.54, 1.807) is 25.2 Å². The molecule has 0 aliphatic rings. The van der Waals surface area contributed by atoms with Crippen LogP contribution in [0.15, 0.2) is 47.0 Å². The highest BCUT2D eigenvalue weighted by Gasteiger charge is 2.35. The summed E-state index contributed by atoms with van der Waals surface area (Å²) in [6, 6.07) is 0. The van der Waals surface area contributed by atoms with Gasteiger partial charge in [-0.3, -0.25) is 0 Å². The Balaban J connectivity index is 3.18. The fourth-order valence-electron chi connectivity index (χ4n) is 1.06. The monoisotopic (exact) mass is 306 g/mol. The molecular formula is C12H10ClF3N2S. The lowest BCUT2D eigenvalue weighted by Crippen LogP contribution is -2.09. The molecule has 0 fully saturated rings.